The van der Waals surface area contributed by atoms with Gasteiger partial charge in [-0.25, -0.2) is 0 Å². The standard InChI is InChI=1S/C18H17F3N2O2/c1-23-7-6-11-2-3-13(8-12(11)10-23)22-17(25)15-9-14(24)4-5-16(15)18(19,20)21/h2-5,8-9,24H,6-7,10H2,1H3,(H,22,25). The number of carbonyl (C=O) groups excluding carboxylic acids is 1. The zero-order valence-electron chi connectivity index (χ0n) is 13.5. The van der Waals surface area contributed by atoms with Crippen molar-refractivity contribution in [1.82, 2.24) is 4.90 Å². The lowest BCUT2D eigenvalue weighted by molar-refractivity contribution is -0.137. The third-order valence-electron chi connectivity index (χ3n) is 4.22. The number of amides is 1. The number of hydrogen-bond donors (Lipinski definition) is 2. The van der Waals surface area contributed by atoms with Crippen LogP contribution in [0.15, 0.2) is 36.4 Å². The Balaban J connectivity index is 1.88. The van der Waals surface area contributed by atoms with Crippen LogP contribution in [0.25, 0.3) is 0 Å². The summed E-state index contributed by atoms with van der Waals surface area (Å²) in [7, 11) is 1.98. The molecule has 0 spiro atoms. The number of halogens is 3. The number of nitrogens with one attached hydrogen (secondary N) is 1. The number of rotatable bonds is 2. The van der Waals surface area contributed by atoms with Crippen molar-refractivity contribution in [2.45, 2.75) is 19.1 Å². The molecule has 0 aromatic heterocycles. The predicted molar refractivity (Wildman–Crippen MR) is 87.5 cm³/mol. The van der Waals surface area contributed by atoms with E-state index in [-0.39, 0.29) is 0 Å². The molecule has 1 aliphatic heterocycles. The molecule has 2 aromatic rings. The molecule has 0 fully saturated rings. The quantitative estimate of drug-likeness (QED) is 0.869. The van der Waals surface area contributed by atoms with Crippen LogP contribution in [-0.2, 0) is 19.1 Å². The fourth-order valence-corrected chi connectivity index (χ4v) is 2.94. The van der Waals surface area contributed by atoms with Crippen molar-refractivity contribution in [3.8, 4) is 5.75 Å². The van der Waals surface area contributed by atoms with E-state index in [2.05, 4.69) is 10.2 Å². The number of benzene rings is 2. The van der Waals surface area contributed by atoms with Gasteiger partial charge in [0.05, 0.1) is 11.1 Å². The first-order chi connectivity index (χ1) is 11.7. The topological polar surface area (TPSA) is 52.6 Å². The van der Waals surface area contributed by atoms with Crippen LogP contribution in [0.3, 0.4) is 0 Å². The minimum atomic E-state index is -4.68. The van der Waals surface area contributed by atoms with Gasteiger partial charge in [0.2, 0.25) is 0 Å². The van der Waals surface area contributed by atoms with E-state index in [1.165, 1.54) is 5.56 Å². The molecule has 0 aliphatic carbocycles. The van der Waals surface area contributed by atoms with Gasteiger partial charge < -0.3 is 15.3 Å². The number of fused-ring (bicyclic) bond motifs is 1. The summed E-state index contributed by atoms with van der Waals surface area (Å²) in [6.07, 6.45) is -3.79. The molecule has 2 N–H and O–H groups in total. The van der Waals surface area contributed by atoms with Gasteiger partial charge in [0.25, 0.3) is 5.91 Å². The van der Waals surface area contributed by atoms with E-state index < -0.39 is 29.0 Å². The normalized spacial score (nSPS) is 14.9. The average molecular weight is 350 g/mol. The Morgan fingerprint density at radius 1 is 1.16 bits per heavy atom. The summed E-state index contributed by atoms with van der Waals surface area (Å²) in [5, 5.41) is 11.9. The van der Waals surface area contributed by atoms with E-state index in [1.807, 2.05) is 13.1 Å². The summed E-state index contributed by atoms with van der Waals surface area (Å²) in [5.74, 6) is -1.31. The number of anilines is 1. The lowest BCUT2D eigenvalue weighted by Gasteiger charge is -2.25. The zero-order valence-corrected chi connectivity index (χ0v) is 13.5. The van der Waals surface area contributed by atoms with E-state index in [0.717, 1.165) is 37.2 Å². The van der Waals surface area contributed by atoms with Crippen molar-refractivity contribution in [2.75, 3.05) is 18.9 Å². The molecule has 0 bridgehead atoms. The van der Waals surface area contributed by atoms with Crippen LogP contribution < -0.4 is 5.32 Å². The number of nitrogens with zero attached hydrogens (tertiary/aromatic N) is 1. The Labute approximate surface area is 142 Å². The van der Waals surface area contributed by atoms with Crippen LogP contribution in [0, 0.1) is 0 Å². The van der Waals surface area contributed by atoms with E-state index in [4.69, 9.17) is 0 Å². The van der Waals surface area contributed by atoms with Gasteiger partial charge in [0.15, 0.2) is 0 Å². The van der Waals surface area contributed by atoms with Crippen molar-refractivity contribution in [3.63, 3.8) is 0 Å². The van der Waals surface area contributed by atoms with E-state index >= 15 is 0 Å². The highest BCUT2D eigenvalue weighted by Crippen LogP contribution is 2.34. The zero-order chi connectivity index (χ0) is 18.2. The van der Waals surface area contributed by atoms with Crippen LogP contribution in [0.5, 0.6) is 5.75 Å². The SMILES string of the molecule is CN1CCc2ccc(NC(=O)c3cc(O)ccc3C(F)(F)F)cc2C1. The van der Waals surface area contributed by atoms with Gasteiger partial charge in [-0.05, 0) is 54.9 Å². The number of carbonyl (C=O) groups is 1. The first-order valence-electron chi connectivity index (χ1n) is 7.76. The summed E-state index contributed by atoms with van der Waals surface area (Å²) < 4.78 is 39.2. The molecule has 1 amide bonds. The lowest BCUT2D eigenvalue weighted by atomic mass is 9.99. The summed E-state index contributed by atoms with van der Waals surface area (Å²) in [4.78, 5) is 14.5. The highest BCUT2D eigenvalue weighted by molar-refractivity contribution is 6.05. The number of aromatic hydroxyl groups is 1. The molecule has 25 heavy (non-hydrogen) atoms. The van der Waals surface area contributed by atoms with Gasteiger partial charge >= 0.3 is 6.18 Å². The van der Waals surface area contributed by atoms with Gasteiger partial charge in [0.1, 0.15) is 5.75 Å². The molecule has 0 atom stereocenters. The highest BCUT2D eigenvalue weighted by atomic mass is 19.4. The summed E-state index contributed by atoms with van der Waals surface area (Å²) in [6.45, 7) is 1.66. The molecular formula is C18H17F3N2O2. The van der Waals surface area contributed by atoms with Gasteiger partial charge in [-0.3, -0.25) is 4.79 Å². The lowest BCUT2D eigenvalue weighted by Crippen LogP contribution is -2.26. The molecule has 7 heteroatoms. The van der Waals surface area contributed by atoms with Crippen LogP contribution in [0.2, 0.25) is 0 Å². The molecule has 2 aromatic carbocycles. The van der Waals surface area contributed by atoms with E-state index in [9.17, 15) is 23.1 Å². The van der Waals surface area contributed by atoms with Crippen LogP contribution in [0.1, 0.15) is 27.0 Å². The largest absolute Gasteiger partial charge is 0.508 e. The second kappa shape index (κ2) is 6.40. The number of likely N-dealkylation sites (N-methyl/N-ethyl adjacent to an activating group) is 1. The van der Waals surface area contributed by atoms with Gasteiger partial charge in [-0.2, -0.15) is 13.2 Å². The van der Waals surface area contributed by atoms with Crippen molar-refractivity contribution in [1.29, 1.82) is 0 Å². The third-order valence-corrected chi connectivity index (χ3v) is 4.22. The van der Waals surface area contributed by atoms with Crippen molar-refractivity contribution < 1.29 is 23.1 Å². The molecule has 0 saturated heterocycles. The highest BCUT2D eigenvalue weighted by Gasteiger charge is 2.35. The van der Waals surface area contributed by atoms with Crippen molar-refractivity contribution in [2.24, 2.45) is 0 Å². The Bertz CT molecular complexity index is 818. The maximum Gasteiger partial charge on any atom is 0.417 e. The second-order valence-corrected chi connectivity index (χ2v) is 6.15. The Morgan fingerprint density at radius 3 is 2.64 bits per heavy atom. The molecule has 0 unspecified atom stereocenters. The molecule has 3 rings (SSSR count). The van der Waals surface area contributed by atoms with Crippen molar-refractivity contribution >= 4 is 11.6 Å². The minimum absolute atomic E-state index is 0.398. The summed E-state index contributed by atoms with van der Waals surface area (Å²) in [5.41, 5.74) is 0.946. The molecule has 1 heterocycles. The first kappa shape index (κ1) is 17.3. The van der Waals surface area contributed by atoms with Gasteiger partial charge in [-0.15, -0.1) is 0 Å². The van der Waals surface area contributed by atoms with Gasteiger partial charge in [0, 0.05) is 18.8 Å². The number of alkyl halides is 3. The Hall–Kier alpha value is -2.54. The van der Waals surface area contributed by atoms with Crippen molar-refractivity contribution in [3.05, 3.63) is 58.7 Å². The molecule has 132 valence electrons. The number of phenolic OH excluding ortho intramolecular Hbond substituents is 1. The smallest absolute Gasteiger partial charge is 0.417 e. The Morgan fingerprint density at radius 2 is 1.92 bits per heavy atom. The van der Waals surface area contributed by atoms with Crippen LogP contribution in [-0.4, -0.2) is 29.5 Å². The fraction of sp³-hybridized carbons (Fsp3) is 0.278. The molecule has 1 aliphatic rings. The Kier molecular flexibility index (Phi) is 4.43. The van der Waals surface area contributed by atoms with E-state index in [1.54, 1.807) is 12.1 Å². The monoisotopic (exact) mass is 350 g/mol. The maximum atomic E-state index is 13.1. The fourth-order valence-electron chi connectivity index (χ4n) is 2.94. The molecule has 0 saturated carbocycles. The van der Waals surface area contributed by atoms with E-state index in [0.29, 0.717) is 11.8 Å². The third kappa shape index (κ3) is 3.76. The predicted octanol–water partition coefficient (Wildman–Crippen LogP) is 3.65. The maximum absolute atomic E-state index is 13.1. The number of phenols is 1. The average Bonchev–Trinajstić information content (AvgIpc) is 2.53. The molecule has 4 nitrogen and oxygen atoms in total. The summed E-state index contributed by atoms with van der Waals surface area (Å²) in [6, 6.07) is 7.77. The number of hydrogen-bond acceptors (Lipinski definition) is 3. The molecule has 0 radical (unpaired) electrons. The second-order valence-electron chi connectivity index (χ2n) is 6.15. The minimum Gasteiger partial charge on any atom is -0.508 e. The van der Waals surface area contributed by atoms with Crippen LogP contribution in [0.4, 0.5) is 18.9 Å². The van der Waals surface area contributed by atoms with Crippen LogP contribution >= 0.6 is 0 Å². The van der Waals surface area contributed by atoms with Gasteiger partial charge in [-0.1, -0.05) is 6.07 Å². The summed E-state index contributed by atoms with van der Waals surface area (Å²) >= 11 is 0. The molecular weight excluding hydrogens is 333 g/mol. The first-order valence-corrected chi connectivity index (χ1v) is 7.76.